The van der Waals surface area contributed by atoms with Gasteiger partial charge in [-0.3, -0.25) is 0 Å². The Kier molecular flexibility index (Phi) is 4.10. The summed E-state index contributed by atoms with van der Waals surface area (Å²) in [6.07, 6.45) is 2.64. The number of hydrogen-bond donors (Lipinski definition) is 1. The van der Waals surface area contributed by atoms with Crippen LogP contribution in [-0.4, -0.2) is 11.2 Å². The number of aliphatic hydroxyl groups is 1. The summed E-state index contributed by atoms with van der Waals surface area (Å²) in [6.45, 7) is 4.36. The standard InChI is InChI=1S/C14H19BrO2/c1-3-9(4-2)14-8-12(16)11-7-10(15)5-6-13(11)17-14/h5-7,9,12,14,16H,3-4,8H2,1-2H3/t12-,14?/m1/s1. The van der Waals surface area contributed by atoms with Gasteiger partial charge >= 0.3 is 0 Å². The summed E-state index contributed by atoms with van der Waals surface area (Å²) in [6, 6.07) is 5.85. The molecular formula is C14H19BrO2. The number of benzene rings is 1. The molecule has 1 heterocycles. The van der Waals surface area contributed by atoms with Crippen LogP contribution in [0.4, 0.5) is 0 Å². The molecule has 3 heteroatoms. The van der Waals surface area contributed by atoms with Crippen LogP contribution >= 0.6 is 15.9 Å². The number of hydrogen-bond acceptors (Lipinski definition) is 2. The Labute approximate surface area is 111 Å². The molecule has 0 spiro atoms. The lowest BCUT2D eigenvalue weighted by molar-refractivity contribution is 0.0317. The number of halogens is 1. The van der Waals surface area contributed by atoms with Gasteiger partial charge in [0.15, 0.2) is 0 Å². The zero-order chi connectivity index (χ0) is 12.4. The topological polar surface area (TPSA) is 29.5 Å². The molecule has 94 valence electrons. The number of fused-ring (bicyclic) bond motifs is 1. The lowest BCUT2D eigenvalue weighted by Crippen LogP contribution is -2.32. The van der Waals surface area contributed by atoms with Gasteiger partial charge in [0, 0.05) is 16.5 Å². The summed E-state index contributed by atoms with van der Waals surface area (Å²) in [5.41, 5.74) is 0.904. The summed E-state index contributed by atoms with van der Waals surface area (Å²) in [5.74, 6) is 1.37. The molecule has 2 nitrogen and oxygen atoms in total. The average molecular weight is 299 g/mol. The first kappa shape index (κ1) is 12.9. The van der Waals surface area contributed by atoms with E-state index in [1.54, 1.807) is 0 Å². The molecule has 0 radical (unpaired) electrons. The Bertz CT molecular complexity index is 388. The molecule has 1 aliphatic rings. The van der Waals surface area contributed by atoms with Crippen LogP contribution in [0.5, 0.6) is 5.75 Å². The lowest BCUT2D eigenvalue weighted by Gasteiger charge is -2.34. The van der Waals surface area contributed by atoms with Gasteiger partial charge in [0.25, 0.3) is 0 Å². The molecule has 1 aromatic carbocycles. The molecule has 1 unspecified atom stereocenters. The van der Waals surface area contributed by atoms with Crippen LogP contribution in [0, 0.1) is 5.92 Å². The third-order valence-electron chi connectivity index (χ3n) is 3.64. The van der Waals surface area contributed by atoms with Crippen molar-refractivity contribution in [3.05, 3.63) is 28.2 Å². The molecular weight excluding hydrogens is 280 g/mol. The van der Waals surface area contributed by atoms with Crippen molar-refractivity contribution >= 4 is 15.9 Å². The Morgan fingerprint density at radius 1 is 1.41 bits per heavy atom. The fourth-order valence-electron chi connectivity index (χ4n) is 2.55. The van der Waals surface area contributed by atoms with E-state index in [0.717, 1.165) is 28.6 Å². The number of aliphatic hydroxyl groups excluding tert-OH is 1. The lowest BCUT2D eigenvalue weighted by atomic mass is 9.88. The largest absolute Gasteiger partial charge is 0.490 e. The van der Waals surface area contributed by atoms with Gasteiger partial charge in [-0.1, -0.05) is 29.8 Å². The van der Waals surface area contributed by atoms with Gasteiger partial charge in [0.05, 0.1) is 6.10 Å². The van der Waals surface area contributed by atoms with E-state index >= 15 is 0 Å². The zero-order valence-electron chi connectivity index (χ0n) is 10.3. The van der Waals surface area contributed by atoms with Crippen molar-refractivity contribution < 1.29 is 9.84 Å². The van der Waals surface area contributed by atoms with Gasteiger partial charge in [-0.15, -0.1) is 0 Å². The van der Waals surface area contributed by atoms with Crippen molar-refractivity contribution in [2.24, 2.45) is 5.92 Å². The Morgan fingerprint density at radius 3 is 2.76 bits per heavy atom. The van der Waals surface area contributed by atoms with E-state index in [4.69, 9.17) is 4.74 Å². The molecule has 0 aromatic heterocycles. The maximum absolute atomic E-state index is 10.2. The molecule has 1 N–H and O–H groups in total. The van der Waals surface area contributed by atoms with Crippen LogP contribution in [0.2, 0.25) is 0 Å². The predicted molar refractivity (Wildman–Crippen MR) is 72.2 cm³/mol. The Hall–Kier alpha value is -0.540. The monoisotopic (exact) mass is 298 g/mol. The second-order valence-corrected chi connectivity index (χ2v) is 5.58. The van der Waals surface area contributed by atoms with Gasteiger partial charge in [0.2, 0.25) is 0 Å². The van der Waals surface area contributed by atoms with E-state index in [0.29, 0.717) is 12.3 Å². The first-order valence-electron chi connectivity index (χ1n) is 6.29. The van der Waals surface area contributed by atoms with Crippen LogP contribution in [0.15, 0.2) is 22.7 Å². The van der Waals surface area contributed by atoms with Gasteiger partial charge in [-0.25, -0.2) is 0 Å². The van der Waals surface area contributed by atoms with E-state index < -0.39 is 6.10 Å². The van der Waals surface area contributed by atoms with E-state index in [9.17, 15) is 5.11 Å². The first-order chi connectivity index (χ1) is 8.15. The van der Waals surface area contributed by atoms with Gasteiger partial charge in [0.1, 0.15) is 11.9 Å². The van der Waals surface area contributed by atoms with E-state index in [1.165, 1.54) is 0 Å². The van der Waals surface area contributed by atoms with Crippen molar-refractivity contribution in [2.75, 3.05) is 0 Å². The fourth-order valence-corrected chi connectivity index (χ4v) is 2.93. The van der Waals surface area contributed by atoms with Crippen molar-refractivity contribution in [3.8, 4) is 5.75 Å². The minimum absolute atomic E-state index is 0.147. The van der Waals surface area contributed by atoms with E-state index in [1.807, 2.05) is 18.2 Å². The zero-order valence-corrected chi connectivity index (χ0v) is 11.9. The molecule has 1 aliphatic heterocycles. The van der Waals surface area contributed by atoms with Crippen molar-refractivity contribution in [1.82, 2.24) is 0 Å². The maximum Gasteiger partial charge on any atom is 0.125 e. The summed E-state index contributed by atoms with van der Waals surface area (Å²) in [5, 5.41) is 10.2. The normalized spacial score (nSPS) is 23.4. The molecule has 17 heavy (non-hydrogen) atoms. The summed E-state index contributed by atoms with van der Waals surface area (Å²) < 4.78 is 7.01. The Balaban J connectivity index is 2.24. The molecule has 0 saturated carbocycles. The van der Waals surface area contributed by atoms with Crippen LogP contribution in [-0.2, 0) is 0 Å². The summed E-state index contributed by atoms with van der Waals surface area (Å²) in [7, 11) is 0. The average Bonchev–Trinajstić information content (AvgIpc) is 2.32. The van der Waals surface area contributed by atoms with Crippen molar-refractivity contribution in [2.45, 2.75) is 45.3 Å². The van der Waals surface area contributed by atoms with Gasteiger partial charge < -0.3 is 9.84 Å². The second kappa shape index (κ2) is 5.40. The number of ether oxygens (including phenoxy) is 1. The highest BCUT2D eigenvalue weighted by atomic mass is 79.9. The fraction of sp³-hybridized carbons (Fsp3) is 0.571. The van der Waals surface area contributed by atoms with E-state index in [-0.39, 0.29) is 6.10 Å². The third kappa shape index (κ3) is 2.66. The second-order valence-electron chi connectivity index (χ2n) is 4.67. The predicted octanol–water partition coefficient (Wildman–Crippen LogP) is 4.07. The minimum atomic E-state index is -0.401. The molecule has 0 bridgehead atoms. The molecule has 2 atom stereocenters. The first-order valence-corrected chi connectivity index (χ1v) is 7.09. The smallest absolute Gasteiger partial charge is 0.125 e. The highest BCUT2D eigenvalue weighted by Crippen LogP contribution is 2.39. The SMILES string of the molecule is CCC(CC)C1C[C@@H](O)c2cc(Br)ccc2O1. The quantitative estimate of drug-likeness (QED) is 0.911. The van der Waals surface area contributed by atoms with Crippen LogP contribution in [0.25, 0.3) is 0 Å². The molecule has 0 saturated heterocycles. The van der Waals surface area contributed by atoms with Crippen molar-refractivity contribution in [1.29, 1.82) is 0 Å². The molecule has 1 aromatic rings. The Morgan fingerprint density at radius 2 is 2.12 bits per heavy atom. The van der Waals surface area contributed by atoms with Crippen LogP contribution < -0.4 is 4.74 Å². The molecule has 0 aliphatic carbocycles. The maximum atomic E-state index is 10.2. The molecule has 0 amide bonds. The van der Waals surface area contributed by atoms with Crippen molar-refractivity contribution in [3.63, 3.8) is 0 Å². The highest BCUT2D eigenvalue weighted by molar-refractivity contribution is 9.10. The third-order valence-corrected chi connectivity index (χ3v) is 4.13. The minimum Gasteiger partial charge on any atom is -0.490 e. The molecule has 0 fully saturated rings. The van der Waals surface area contributed by atoms with Crippen LogP contribution in [0.3, 0.4) is 0 Å². The van der Waals surface area contributed by atoms with E-state index in [2.05, 4.69) is 29.8 Å². The van der Waals surface area contributed by atoms with Gasteiger partial charge in [-0.05, 0) is 37.0 Å². The van der Waals surface area contributed by atoms with Gasteiger partial charge in [-0.2, -0.15) is 0 Å². The summed E-state index contributed by atoms with van der Waals surface area (Å²) in [4.78, 5) is 0. The van der Waals surface area contributed by atoms with Crippen LogP contribution in [0.1, 0.15) is 44.8 Å². The highest BCUT2D eigenvalue weighted by Gasteiger charge is 2.30. The number of rotatable bonds is 3. The summed E-state index contributed by atoms with van der Waals surface area (Å²) >= 11 is 3.42. The molecule has 2 rings (SSSR count).